The van der Waals surface area contributed by atoms with Crippen molar-refractivity contribution < 1.29 is 49.6 Å². The van der Waals surface area contributed by atoms with Crippen LogP contribution in [-0.2, 0) is 24.4 Å². The second-order valence-electron chi connectivity index (χ2n) is 3.64. The number of hydrogen-bond acceptors (Lipinski definition) is 6. The molecule has 0 spiro atoms. The molecular weight excluding hydrogens is 340 g/mol. The molecule has 7 nitrogen and oxygen atoms in total. The van der Waals surface area contributed by atoms with Crippen molar-refractivity contribution in [1.29, 1.82) is 0 Å². The summed E-state index contributed by atoms with van der Waals surface area (Å²) in [6, 6.07) is 0. The van der Waals surface area contributed by atoms with E-state index in [1.54, 1.807) is 0 Å². The minimum Gasteiger partial charge on any atom is -0.454 e. The molecule has 1 aromatic rings. The molecule has 1 aromatic carbocycles. The van der Waals surface area contributed by atoms with E-state index in [0.29, 0.717) is 0 Å². The number of carbonyl (C=O) groups is 2. The summed E-state index contributed by atoms with van der Waals surface area (Å²) >= 11 is 0. The molecule has 0 unspecified atom stereocenters. The molecule has 0 radical (unpaired) electrons. The molecule has 22 heavy (non-hydrogen) atoms. The Morgan fingerprint density at radius 2 is 1.50 bits per heavy atom. The maximum atomic E-state index is 13.5. The van der Waals surface area contributed by atoms with Crippen LogP contribution in [0, 0.1) is 23.3 Å². The number of esters is 2. The first-order valence-corrected chi connectivity index (χ1v) is 6.58. The van der Waals surface area contributed by atoms with Gasteiger partial charge in [0.1, 0.15) is 0 Å². The van der Waals surface area contributed by atoms with Crippen LogP contribution in [-0.4, -0.2) is 31.5 Å². The summed E-state index contributed by atoms with van der Waals surface area (Å²) in [6.45, 7) is -0.216. The first-order chi connectivity index (χ1) is 9.96. The minimum atomic E-state index is -5.62. The molecule has 0 saturated carbocycles. The summed E-state index contributed by atoms with van der Waals surface area (Å²) in [6.07, 6.45) is 0. The third-order valence-corrected chi connectivity index (χ3v) is 2.92. The zero-order chi connectivity index (χ0) is 17.2. The summed E-state index contributed by atoms with van der Waals surface area (Å²) in [5, 5.41) is 0. The quantitative estimate of drug-likeness (QED) is 0.284. The number of benzene rings is 1. The van der Waals surface area contributed by atoms with Gasteiger partial charge in [-0.3, -0.25) is 9.35 Å². The second-order valence-corrected chi connectivity index (χ2v) is 5.00. The standard InChI is InChI=1S/C10H6F4O7S/c1-3(15)20-2-4(16)21-9-5(11)7(13)10(22(17,18)19)8(14)6(9)12/h2H2,1H3,(H,17,18,19). The average molecular weight is 346 g/mol. The molecule has 0 saturated heterocycles. The van der Waals surface area contributed by atoms with Gasteiger partial charge in [-0.1, -0.05) is 0 Å². The van der Waals surface area contributed by atoms with Gasteiger partial charge in [-0.15, -0.1) is 0 Å². The number of hydrogen-bond donors (Lipinski definition) is 1. The van der Waals surface area contributed by atoms with E-state index < -0.39 is 62.6 Å². The molecule has 0 heterocycles. The van der Waals surface area contributed by atoms with Crippen LogP contribution in [0.5, 0.6) is 5.75 Å². The molecule has 0 aromatic heterocycles. The predicted octanol–water partition coefficient (Wildman–Crippen LogP) is 0.958. The van der Waals surface area contributed by atoms with Gasteiger partial charge in [-0.2, -0.15) is 17.2 Å². The van der Waals surface area contributed by atoms with E-state index in [9.17, 15) is 35.6 Å². The molecule has 0 amide bonds. The highest BCUT2D eigenvalue weighted by atomic mass is 32.2. The van der Waals surface area contributed by atoms with Crippen LogP contribution in [0.4, 0.5) is 17.6 Å². The Balaban J connectivity index is 3.30. The Labute approximate surface area is 120 Å². The predicted molar refractivity (Wildman–Crippen MR) is 58.4 cm³/mol. The molecular formula is C10H6F4O7S. The van der Waals surface area contributed by atoms with Crippen LogP contribution in [0.25, 0.3) is 0 Å². The zero-order valence-corrected chi connectivity index (χ0v) is 11.3. The van der Waals surface area contributed by atoms with Crippen molar-refractivity contribution in [1.82, 2.24) is 0 Å². The van der Waals surface area contributed by atoms with Gasteiger partial charge >= 0.3 is 22.1 Å². The van der Waals surface area contributed by atoms with Gasteiger partial charge in [0.05, 0.1) is 0 Å². The van der Waals surface area contributed by atoms with Crippen LogP contribution in [0.2, 0.25) is 0 Å². The molecule has 0 atom stereocenters. The third kappa shape index (κ3) is 3.71. The first-order valence-electron chi connectivity index (χ1n) is 5.14. The minimum absolute atomic E-state index is 0.898. The van der Waals surface area contributed by atoms with Gasteiger partial charge in [-0.25, -0.2) is 13.6 Å². The lowest BCUT2D eigenvalue weighted by Crippen LogP contribution is -2.20. The molecule has 0 bridgehead atoms. The number of rotatable bonds is 4. The molecule has 0 aliphatic heterocycles. The number of halogens is 4. The van der Waals surface area contributed by atoms with E-state index in [2.05, 4.69) is 9.47 Å². The lowest BCUT2D eigenvalue weighted by atomic mass is 10.3. The smallest absolute Gasteiger partial charge is 0.349 e. The Kier molecular flexibility index (Phi) is 5.09. The van der Waals surface area contributed by atoms with Crippen molar-refractivity contribution >= 4 is 22.1 Å². The van der Waals surface area contributed by atoms with Crippen molar-refractivity contribution in [2.75, 3.05) is 6.61 Å². The third-order valence-electron chi connectivity index (χ3n) is 2.05. The molecule has 1 N–H and O–H groups in total. The topological polar surface area (TPSA) is 107 Å². The number of ether oxygens (including phenoxy) is 2. The van der Waals surface area contributed by atoms with E-state index in [0.717, 1.165) is 6.92 Å². The molecule has 0 aliphatic rings. The summed E-state index contributed by atoms with van der Waals surface area (Å²) in [5.41, 5.74) is 0. The zero-order valence-electron chi connectivity index (χ0n) is 10.5. The largest absolute Gasteiger partial charge is 0.454 e. The summed E-state index contributed by atoms with van der Waals surface area (Å²) in [7, 11) is -5.62. The van der Waals surface area contributed by atoms with Crippen molar-refractivity contribution in [2.45, 2.75) is 11.8 Å². The van der Waals surface area contributed by atoms with Gasteiger partial charge < -0.3 is 9.47 Å². The van der Waals surface area contributed by atoms with Gasteiger partial charge in [0, 0.05) is 6.92 Å². The lowest BCUT2D eigenvalue weighted by Gasteiger charge is -2.10. The lowest BCUT2D eigenvalue weighted by molar-refractivity contribution is -0.152. The first kappa shape index (κ1) is 17.8. The highest BCUT2D eigenvalue weighted by Crippen LogP contribution is 2.32. The SMILES string of the molecule is CC(=O)OCC(=O)Oc1c(F)c(F)c(S(=O)(=O)O)c(F)c1F. The fourth-order valence-electron chi connectivity index (χ4n) is 1.21. The Morgan fingerprint density at radius 3 is 1.86 bits per heavy atom. The summed E-state index contributed by atoms with van der Waals surface area (Å²) in [5.74, 6) is -14.2. The van der Waals surface area contributed by atoms with Gasteiger partial charge in [0.15, 0.2) is 23.1 Å². The van der Waals surface area contributed by atoms with Crippen molar-refractivity contribution in [3.63, 3.8) is 0 Å². The van der Waals surface area contributed by atoms with Crippen LogP contribution < -0.4 is 4.74 Å². The average Bonchev–Trinajstić information content (AvgIpc) is 2.37. The van der Waals surface area contributed by atoms with Crippen LogP contribution in [0.3, 0.4) is 0 Å². The maximum Gasteiger partial charge on any atom is 0.349 e. The van der Waals surface area contributed by atoms with Gasteiger partial charge in [-0.05, 0) is 0 Å². The fraction of sp³-hybridized carbons (Fsp3) is 0.200. The summed E-state index contributed by atoms with van der Waals surface area (Å²) < 4.78 is 91.5. The van der Waals surface area contributed by atoms with E-state index in [1.807, 2.05) is 0 Å². The van der Waals surface area contributed by atoms with Crippen LogP contribution in [0.15, 0.2) is 4.90 Å². The Hall–Kier alpha value is -2.21. The van der Waals surface area contributed by atoms with E-state index in [4.69, 9.17) is 4.55 Å². The Morgan fingerprint density at radius 1 is 1.05 bits per heavy atom. The van der Waals surface area contributed by atoms with E-state index in [1.165, 1.54) is 0 Å². The van der Waals surface area contributed by atoms with Gasteiger partial charge in [0.2, 0.25) is 17.4 Å². The van der Waals surface area contributed by atoms with Crippen LogP contribution >= 0.6 is 0 Å². The Bertz CT molecular complexity index is 715. The van der Waals surface area contributed by atoms with Crippen molar-refractivity contribution in [3.05, 3.63) is 23.3 Å². The van der Waals surface area contributed by atoms with Crippen LogP contribution in [0.1, 0.15) is 6.92 Å². The maximum absolute atomic E-state index is 13.5. The highest BCUT2D eigenvalue weighted by Gasteiger charge is 2.34. The van der Waals surface area contributed by atoms with Gasteiger partial charge in [0.25, 0.3) is 0 Å². The summed E-state index contributed by atoms with van der Waals surface area (Å²) in [4.78, 5) is 19.2. The molecule has 12 heteroatoms. The van der Waals surface area contributed by atoms with E-state index >= 15 is 0 Å². The fourth-order valence-corrected chi connectivity index (χ4v) is 1.84. The normalized spacial score (nSPS) is 11.2. The highest BCUT2D eigenvalue weighted by molar-refractivity contribution is 7.85. The van der Waals surface area contributed by atoms with E-state index in [-0.39, 0.29) is 0 Å². The molecule has 122 valence electrons. The van der Waals surface area contributed by atoms with Crippen molar-refractivity contribution in [3.8, 4) is 5.75 Å². The molecule has 0 aliphatic carbocycles. The molecule has 1 rings (SSSR count). The monoisotopic (exact) mass is 346 g/mol. The molecule has 0 fully saturated rings. The van der Waals surface area contributed by atoms with Crippen molar-refractivity contribution in [2.24, 2.45) is 0 Å². The number of carbonyl (C=O) groups excluding carboxylic acids is 2. The second kappa shape index (κ2) is 6.27.